The van der Waals surface area contributed by atoms with Crippen molar-refractivity contribution in [3.8, 4) is 11.3 Å². The molecule has 152 valence electrons. The first kappa shape index (κ1) is 20.6. The van der Waals surface area contributed by atoms with Gasteiger partial charge in [-0.25, -0.2) is 4.98 Å². The van der Waals surface area contributed by atoms with Gasteiger partial charge < -0.3 is 9.88 Å². The van der Waals surface area contributed by atoms with E-state index in [1.807, 2.05) is 37.7 Å². The number of alkyl halides is 3. The molecule has 0 aliphatic carbocycles. The van der Waals surface area contributed by atoms with Gasteiger partial charge >= 0.3 is 6.18 Å². The van der Waals surface area contributed by atoms with Crippen molar-refractivity contribution >= 4 is 11.5 Å². The summed E-state index contributed by atoms with van der Waals surface area (Å²) in [5.41, 5.74) is 2.87. The summed E-state index contributed by atoms with van der Waals surface area (Å²) in [5, 5.41) is 3.25. The molecule has 1 N–H and O–H groups in total. The van der Waals surface area contributed by atoms with Gasteiger partial charge in [0.1, 0.15) is 0 Å². The van der Waals surface area contributed by atoms with Crippen molar-refractivity contribution < 1.29 is 18.0 Å². The van der Waals surface area contributed by atoms with Crippen LogP contribution in [0.15, 0.2) is 55.0 Å². The molecule has 3 rings (SSSR count). The van der Waals surface area contributed by atoms with E-state index in [-0.39, 0.29) is 11.7 Å². The molecule has 0 saturated carbocycles. The highest BCUT2D eigenvalue weighted by atomic mass is 19.4. The summed E-state index contributed by atoms with van der Waals surface area (Å²) < 4.78 is 40.0. The number of ketones is 1. The summed E-state index contributed by atoms with van der Waals surface area (Å²) >= 11 is 0. The average Bonchev–Trinajstić information content (AvgIpc) is 3.11. The predicted octanol–water partition coefficient (Wildman–Crippen LogP) is 5.56. The third kappa shape index (κ3) is 4.85. The highest BCUT2D eigenvalue weighted by Crippen LogP contribution is 2.31. The van der Waals surface area contributed by atoms with Gasteiger partial charge in [0.15, 0.2) is 5.78 Å². The molecule has 3 aromatic rings. The quantitative estimate of drug-likeness (QED) is 0.551. The largest absolute Gasteiger partial charge is 0.416 e. The third-order valence-corrected chi connectivity index (χ3v) is 4.57. The lowest BCUT2D eigenvalue weighted by Gasteiger charge is -2.14. The normalized spacial score (nSPS) is 11.7. The zero-order chi connectivity index (χ0) is 21.2. The summed E-state index contributed by atoms with van der Waals surface area (Å²) in [6, 6.07) is 10.4. The Balaban J connectivity index is 1.87. The second-order valence-electron chi connectivity index (χ2n) is 7.25. The van der Waals surface area contributed by atoms with Gasteiger partial charge in [-0.15, -0.1) is 0 Å². The number of Topliss-reactive ketones (excluding diaryl/α,β-unsaturated/α-hetero) is 1. The van der Waals surface area contributed by atoms with Crippen LogP contribution in [0.25, 0.3) is 11.3 Å². The third-order valence-electron chi connectivity index (χ3n) is 4.57. The molecule has 0 unspecified atom stereocenters. The number of imidazole rings is 1. The van der Waals surface area contributed by atoms with Gasteiger partial charge in [-0.2, -0.15) is 13.2 Å². The lowest BCUT2D eigenvalue weighted by molar-refractivity contribution is -0.137. The maximum atomic E-state index is 12.7. The number of nitrogens with one attached hydrogen (secondary N) is 1. The lowest BCUT2D eigenvalue weighted by Crippen LogP contribution is -2.09. The van der Waals surface area contributed by atoms with Gasteiger partial charge in [-0.05, 0) is 35.9 Å². The average molecular weight is 401 g/mol. The van der Waals surface area contributed by atoms with E-state index in [1.54, 1.807) is 18.5 Å². The SMILES string of the molecule is CC(C)C(=O)c1ccc(NCc2ccc(C(F)(F)F)cc2)c(-c2cn(C)cn2)c1. The second kappa shape index (κ2) is 8.11. The van der Waals surface area contributed by atoms with Crippen LogP contribution in [-0.2, 0) is 19.8 Å². The molecule has 29 heavy (non-hydrogen) atoms. The minimum atomic E-state index is -4.35. The van der Waals surface area contributed by atoms with Crippen LogP contribution in [0, 0.1) is 5.92 Å². The Morgan fingerprint density at radius 3 is 2.38 bits per heavy atom. The Morgan fingerprint density at radius 2 is 1.83 bits per heavy atom. The highest BCUT2D eigenvalue weighted by Gasteiger charge is 2.29. The molecule has 0 aliphatic heterocycles. The molecule has 4 nitrogen and oxygen atoms in total. The van der Waals surface area contributed by atoms with E-state index in [9.17, 15) is 18.0 Å². The van der Waals surface area contributed by atoms with Gasteiger partial charge in [-0.3, -0.25) is 4.79 Å². The highest BCUT2D eigenvalue weighted by molar-refractivity contribution is 5.99. The van der Waals surface area contributed by atoms with Crippen LogP contribution >= 0.6 is 0 Å². The minimum Gasteiger partial charge on any atom is -0.380 e. The molecule has 0 atom stereocenters. The summed E-state index contributed by atoms with van der Waals surface area (Å²) in [6.45, 7) is 4.04. The van der Waals surface area contributed by atoms with E-state index in [2.05, 4.69) is 10.3 Å². The molecular formula is C22H22F3N3O. The molecule has 2 aromatic carbocycles. The van der Waals surface area contributed by atoms with Crippen molar-refractivity contribution in [3.63, 3.8) is 0 Å². The second-order valence-corrected chi connectivity index (χ2v) is 7.25. The number of nitrogens with zero attached hydrogens (tertiary/aromatic N) is 2. The topological polar surface area (TPSA) is 46.9 Å². The van der Waals surface area contributed by atoms with Gasteiger partial charge in [0.2, 0.25) is 0 Å². The minimum absolute atomic E-state index is 0.0384. The first-order valence-electron chi connectivity index (χ1n) is 9.22. The van der Waals surface area contributed by atoms with Crippen molar-refractivity contribution in [2.45, 2.75) is 26.6 Å². The number of aromatic nitrogens is 2. The molecule has 1 heterocycles. The smallest absolute Gasteiger partial charge is 0.380 e. The van der Waals surface area contributed by atoms with E-state index in [0.29, 0.717) is 23.4 Å². The Hall–Kier alpha value is -3.09. The zero-order valence-electron chi connectivity index (χ0n) is 16.4. The maximum absolute atomic E-state index is 12.7. The standard InChI is InChI=1S/C22H22F3N3O/c1-14(2)21(29)16-6-9-19(18(10-16)20-12-28(3)13-27-20)26-11-15-4-7-17(8-5-15)22(23,24)25/h4-10,12-14,26H,11H2,1-3H3. The number of anilines is 1. The molecule has 0 saturated heterocycles. The van der Waals surface area contributed by atoms with Gasteiger partial charge in [0.05, 0.1) is 17.6 Å². The van der Waals surface area contributed by atoms with Gasteiger partial charge in [-0.1, -0.05) is 26.0 Å². The summed E-state index contributed by atoms with van der Waals surface area (Å²) in [5.74, 6) is -0.0889. The van der Waals surface area contributed by atoms with Crippen LogP contribution in [0.1, 0.15) is 35.3 Å². The first-order chi connectivity index (χ1) is 13.6. The predicted molar refractivity (Wildman–Crippen MR) is 107 cm³/mol. The Kier molecular flexibility index (Phi) is 5.77. The molecule has 0 amide bonds. The molecule has 0 radical (unpaired) electrons. The van der Waals surface area contributed by atoms with E-state index in [1.165, 1.54) is 12.1 Å². The Bertz CT molecular complexity index is 1000. The van der Waals surface area contributed by atoms with Crippen LogP contribution < -0.4 is 5.32 Å². The number of benzene rings is 2. The molecule has 7 heteroatoms. The number of carbonyl (C=O) groups is 1. The monoisotopic (exact) mass is 401 g/mol. The zero-order valence-corrected chi connectivity index (χ0v) is 16.4. The maximum Gasteiger partial charge on any atom is 0.416 e. The number of hydrogen-bond donors (Lipinski definition) is 1. The van der Waals surface area contributed by atoms with Crippen molar-refractivity contribution in [2.75, 3.05) is 5.32 Å². The Morgan fingerprint density at radius 1 is 1.14 bits per heavy atom. The van der Waals surface area contributed by atoms with E-state index >= 15 is 0 Å². The first-order valence-corrected chi connectivity index (χ1v) is 9.22. The van der Waals surface area contributed by atoms with Gasteiger partial charge in [0, 0.05) is 42.5 Å². The number of aryl methyl sites for hydroxylation is 1. The number of carbonyl (C=O) groups excluding carboxylic acids is 1. The Labute approximate surface area is 167 Å². The fraction of sp³-hybridized carbons (Fsp3) is 0.273. The molecule has 0 spiro atoms. The molecule has 1 aromatic heterocycles. The van der Waals surface area contributed by atoms with E-state index in [0.717, 1.165) is 23.4 Å². The van der Waals surface area contributed by atoms with E-state index < -0.39 is 11.7 Å². The fourth-order valence-corrected chi connectivity index (χ4v) is 2.96. The summed E-state index contributed by atoms with van der Waals surface area (Å²) in [4.78, 5) is 16.8. The fourth-order valence-electron chi connectivity index (χ4n) is 2.96. The van der Waals surface area contributed by atoms with Crippen molar-refractivity contribution in [1.82, 2.24) is 9.55 Å². The van der Waals surface area contributed by atoms with Crippen molar-refractivity contribution in [3.05, 3.63) is 71.7 Å². The van der Waals surface area contributed by atoms with Crippen LogP contribution in [0.5, 0.6) is 0 Å². The lowest BCUT2D eigenvalue weighted by atomic mass is 9.97. The summed E-state index contributed by atoms with van der Waals surface area (Å²) in [7, 11) is 1.86. The van der Waals surface area contributed by atoms with Crippen molar-refractivity contribution in [2.24, 2.45) is 13.0 Å². The molecule has 0 bridgehead atoms. The van der Waals surface area contributed by atoms with Crippen LogP contribution in [0.3, 0.4) is 0 Å². The number of hydrogen-bond acceptors (Lipinski definition) is 3. The molecular weight excluding hydrogens is 379 g/mol. The van der Waals surface area contributed by atoms with Gasteiger partial charge in [0.25, 0.3) is 0 Å². The van der Waals surface area contributed by atoms with Crippen LogP contribution in [0.2, 0.25) is 0 Å². The number of rotatable bonds is 6. The molecule has 0 aliphatic rings. The van der Waals surface area contributed by atoms with Crippen molar-refractivity contribution in [1.29, 1.82) is 0 Å². The summed E-state index contributed by atoms with van der Waals surface area (Å²) in [6.07, 6.45) is -0.828. The van der Waals surface area contributed by atoms with Crippen LogP contribution in [-0.4, -0.2) is 15.3 Å². The number of halogens is 3. The van der Waals surface area contributed by atoms with Crippen LogP contribution in [0.4, 0.5) is 18.9 Å². The molecule has 0 fully saturated rings. The van der Waals surface area contributed by atoms with E-state index in [4.69, 9.17) is 0 Å².